The molecule has 3 heteroatoms. The average Bonchev–Trinajstić information content (AvgIpc) is 2.38. The van der Waals surface area contributed by atoms with Gasteiger partial charge >= 0.3 is 0 Å². The van der Waals surface area contributed by atoms with Gasteiger partial charge in [-0.2, -0.15) is 0 Å². The van der Waals surface area contributed by atoms with E-state index < -0.39 is 0 Å². The van der Waals surface area contributed by atoms with Crippen molar-refractivity contribution < 1.29 is 9.18 Å². The molecule has 17 heavy (non-hydrogen) atoms. The average molecular weight is 229 g/mol. The lowest BCUT2D eigenvalue weighted by Gasteiger charge is -2.16. The third-order valence-corrected chi connectivity index (χ3v) is 2.57. The molecule has 86 valence electrons. The molecular weight excluding hydrogens is 217 g/mol. The first-order valence-electron chi connectivity index (χ1n) is 5.31. The van der Waals surface area contributed by atoms with E-state index in [0.717, 1.165) is 11.1 Å². The van der Waals surface area contributed by atoms with Crippen LogP contribution in [0.5, 0.6) is 0 Å². The summed E-state index contributed by atoms with van der Waals surface area (Å²) < 4.78 is 12.8. The topological polar surface area (TPSA) is 29.1 Å². The summed E-state index contributed by atoms with van der Waals surface area (Å²) in [5.74, 6) is -0.285. The number of hydrogen-bond acceptors (Lipinski definition) is 1. The molecule has 0 saturated heterocycles. The van der Waals surface area contributed by atoms with Crippen LogP contribution < -0.4 is 5.32 Å². The van der Waals surface area contributed by atoms with E-state index >= 15 is 0 Å². The standard InChI is InChI=1S/C14H12FNO/c15-13-8-6-12(7-9-13)14(16-10-17)11-4-2-1-3-5-11/h1-10,14H,(H,16,17)/t14-/m0/s1. The van der Waals surface area contributed by atoms with Crippen molar-refractivity contribution in [3.63, 3.8) is 0 Å². The second-order valence-electron chi connectivity index (χ2n) is 3.68. The maximum Gasteiger partial charge on any atom is 0.207 e. The Morgan fingerprint density at radius 1 is 0.941 bits per heavy atom. The Bertz CT molecular complexity index is 481. The Balaban J connectivity index is 2.35. The van der Waals surface area contributed by atoms with Gasteiger partial charge in [0.25, 0.3) is 0 Å². The molecule has 0 bridgehead atoms. The molecule has 0 aliphatic heterocycles. The van der Waals surface area contributed by atoms with E-state index in [1.807, 2.05) is 30.3 Å². The Morgan fingerprint density at radius 2 is 1.53 bits per heavy atom. The number of halogens is 1. The highest BCUT2D eigenvalue weighted by atomic mass is 19.1. The van der Waals surface area contributed by atoms with E-state index in [2.05, 4.69) is 5.32 Å². The van der Waals surface area contributed by atoms with Gasteiger partial charge in [0.05, 0.1) is 6.04 Å². The lowest BCUT2D eigenvalue weighted by atomic mass is 9.99. The summed E-state index contributed by atoms with van der Waals surface area (Å²) in [5, 5.41) is 2.73. The number of carbonyl (C=O) groups is 1. The summed E-state index contributed by atoms with van der Waals surface area (Å²) in [6, 6.07) is 15.4. The molecule has 2 nitrogen and oxygen atoms in total. The molecule has 0 unspecified atom stereocenters. The second kappa shape index (κ2) is 5.25. The molecule has 0 heterocycles. The molecule has 0 aliphatic carbocycles. The Labute approximate surface area is 99.1 Å². The number of hydrogen-bond donors (Lipinski definition) is 1. The quantitative estimate of drug-likeness (QED) is 0.802. The molecule has 0 aromatic heterocycles. The van der Waals surface area contributed by atoms with Crippen LogP contribution in [0.2, 0.25) is 0 Å². The van der Waals surface area contributed by atoms with Gasteiger partial charge in [0.2, 0.25) is 6.41 Å². The zero-order valence-corrected chi connectivity index (χ0v) is 9.14. The van der Waals surface area contributed by atoms with E-state index in [9.17, 15) is 9.18 Å². The van der Waals surface area contributed by atoms with Crippen molar-refractivity contribution in [1.29, 1.82) is 0 Å². The van der Waals surface area contributed by atoms with E-state index in [-0.39, 0.29) is 11.9 Å². The van der Waals surface area contributed by atoms with Crippen molar-refractivity contribution in [3.05, 3.63) is 71.5 Å². The first-order valence-corrected chi connectivity index (χ1v) is 5.31. The minimum absolute atomic E-state index is 0.241. The lowest BCUT2D eigenvalue weighted by Crippen LogP contribution is -2.20. The summed E-state index contributed by atoms with van der Waals surface area (Å²) in [4.78, 5) is 10.6. The first kappa shape index (κ1) is 11.3. The van der Waals surface area contributed by atoms with Crippen molar-refractivity contribution in [1.82, 2.24) is 5.32 Å². The molecule has 1 atom stereocenters. The zero-order chi connectivity index (χ0) is 12.1. The second-order valence-corrected chi connectivity index (χ2v) is 3.68. The molecule has 0 aliphatic rings. The Morgan fingerprint density at radius 3 is 2.12 bits per heavy atom. The van der Waals surface area contributed by atoms with Gasteiger partial charge in [0, 0.05) is 0 Å². The van der Waals surface area contributed by atoms with Gasteiger partial charge in [-0.1, -0.05) is 42.5 Å². The van der Waals surface area contributed by atoms with Crippen LogP contribution in [0.3, 0.4) is 0 Å². The molecule has 0 radical (unpaired) electrons. The van der Waals surface area contributed by atoms with E-state index in [0.29, 0.717) is 6.41 Å². The smallest absolute Gasteiger partial charge is 0.207 e. The normalized spacial score (nSPS) is 11.8. The first-order chi connectivity index (χ1) is 8.31. The molecule has 0 saturated carbocycles. The SMILES string of the molecule is O=CN[C@@H](c1ccccc1)c1ccc(F)cc1. The number of amides is 1. The number of benzene rings is 2. The number of rotatable bonds is 4. The lowest BCUT2D eigenvalue weighted by molar-refractivity contribution is -0.110. The summed E-state index contributed by atoms with van der Waals surface area (Å²) >= 11 is 0. The largest absolute Gasteiger partial charge is 0.348 e. The highest BCUT2D eigenvalue weighted by molar-refractivity contribution is 5.50. The van der Waals surface area contributed by atoms with Gasteiger partial charge < -0.3 is 5.32 Å². The third-order valence-electron chi connectivity index (χ3n) is 2.57. The summed E-state index contributed by atoms with van der Waals surface area (Å²) in [6.45, 7) is 0. The van der Waals surface area contributed by atoms with Crippen LogP contribution in [0.25, 0.3) is 0 Å². The summed E-state index contributed by atoms with van der Waals surface area (Å²) in [7, 11) is 0. The maximum atomic E-state index is 12.8. The molecule has 2 aromatic carbocycles. The van der Waals surface area contributed by atoms with Crippen molar-refractivity contribution in [3.8, 4) is 0 Å². The minimum Gasteiger partial charge on any atom is -0.348 e. The summed E-state index contributed by atoms with van der Waals surface area (Å²) in [6.07, 6.45) is 0.654. The van der Waals surface area contributed by atoms with Crippen LogP contribution in [0.1, 0.15) is 17.2 Å². The molecule has 0 fully saturated rings. The van der Waals surface area contributed by atoms with Gasteiger partial charge in [-0.15, -0.1) is 0 Å². The zero-order valence-electron chi connectivity index (χ0n) is 9.14. The van der Waals surface area contributed by atoms with Crippen molar-refractivity contribution in [2.24, 2.45) is 0 Å². The van der Waals surface area contributed by atoms with Crippen LogP contribution in [-0.2, 0) is 4.79 Å². The molecular formula is C14H12FNO. The molecule has 0 spiro atoms. The van der Waals surface area contributed by atoms with E-state index in [1.165, 1.54) is 12.1 Å². The Kier molecular flexibility index (Phi) is 3.50. The minimum atomic E-state index is -0.285. The number of nitrogens with one attached hydrogen (secondary N) is 1. The summed E-state index contributed by atoms with van der Waals surface area (Å²) in [5.41, 5.74) is 1.82. The number of carbonyl (C=O) groups excluding carboxylic acids is 1. The van der Waals surface area contributed by atoms with Crippen LogP contribution in [-0.4, -0.2) is 6.41 Å². The van der Waals surface area contributed by atoms with E-state index in [4.69, 9.17) is 0 Å². The van der Waals surface area contributed by atoms with Crippen molar-refractivity contribution in [2.45, 2.75) is 6.04 Å². The van der Waals surface area contributed by atoms with Crippen molar-refractivity contribution >= 4 is 6.41 Å². The van der Waals surface area contributed by atoms with Gasteiger partial charge in [0.15, 0.2) is 0 Å². The van der Waals surface area contributed by atoms with Crippen LogP contribution in [0, 0.1) is 5.82 Å². The third kappa shape index (κ3) is 2.69. The van der Waals surface area contributed by atoms with Gasteiger partial charge in [-0.3, -0.25) is 4.79 Å². The monoisotopic (exact) mass is 229 g/mol. The fraction of sp³-hybridized carbons (Fsp3) is 0.0714. The predicted octanol–water partition coefficient (Wildman–Crippen LogP) is 2.66. The van der Waals surface area contributed by atoms with Crippen LogP contribution >= 0.6 is 0 Å². The fourth-order valence-corrected chi connectivity index (χ4v) is 1.75. The van der Waals surface area contributed by atoms with Gasteiger partial charge in [0.1, 0.15) is 5.82 Å². The van der Waals surface area contributed by atoms with Gasteiger partial charge in [-0.05, 0) is 23.3 Å². The maximum absolute atomic E-state index is 12.8. The Hall–Kier alpha value is -2.16. The molecule has 2 rings (SSSR count). The molecule has 1 N–H and O–H groups in total. The van der Waals surface area contributed by atoms with Crippen molar-refractivity contribution in [2.75, 3.05) is 0 Å². The van der Waals surface area contributed by atoms with Crippen LogP contribution in [0.15, 0.2) is 54.6 Å². The highest BCUT2D eigenvalue weighted by Gasteiger charge is 2.12. The molecule has 1 amide bonds. The predicted molar refractivity (Wildman–Crippen MR) is 63.9 cm³/mol. The molecule has 2 aromatic rings. The van der Waals surface area contributed by atoms with Gasteiger partial charge in [-0.25, -0.2) is 4.39 Å². The fourth-order valence-electron chi connectivity index (χ4n) is 1.75. The highest BCUT2D eigenvalue weighted by Crippen LogP contribution is 2.21. The van der Waals surface area contributed by atoms with Crippen LogP contribution in [0.4, 0.5) is 4.39 Å². The van der Waals surface area contributed by atoms with E-state index in [1.54, 1.807) is 12.1 Å².